The summed E-state index contributed by atoms with van der Waals surface area (Å²) < 4.78 is 6.55. The van der Waals surface area contributed by atoms with E-state index in [-0.39, 0.29) is 17.9 Å². The lowest BCUT2D eigenvalue weighted by atomic mass is 10.1. The molecule has 1 fully saturated rings. The van der Waals surface area contributed by atoms with Gasteiger partial charge in [0.25, 0.3) is 0 Å². The number of rotatable bonds is 3. The molecule has 0 saturated carbocycles. The van der Waals surface area contributed by atoms with E-state index in [4.69, 9.17) is 4.74 Å². The number of halogens is 1. The van der Waals surface area contributed by atoms with E-state index in [1.807, 2.05) is 18.7 Å². The molecule has 1 unspecified atom stereocenters. The van der Waals surface area contributed by atoms with Gasteiger partial charge in [-0.25, -0.2) is 9.97 Å². The van der Waals surface area contributed by atoms with E-state index in [9.17, 15) is 4.79 Å². The van der Waals surface area contributed by atoms with E-state index in [1.54, 1.807) is 12.4 Å². The van der Waals surface area contributed by atoms with Crippen molar-refractivity contribution in [1.29, 1.82) is 0 Å². The highest BCUT2D eigenvalue weighted by Gasteiger charge is 2.26. The summed E-state index contributed by atoms with van der Waals surface area (Å²) in [5, 5.41) is 0. The van der Waals surface area contributed by atoms with E-state index in [2.05, 4.69) is 25.9 Å². The highest BCUT2D eigenvalue weighted by molar-refractivity contribution is 9.10. The van der Waals surface area contributed by atoms with Crippen LogP contribution < -0.4 is 4.74 Å². The smallest absolute Gasteiger partial charge is 0.316 e. The van der Waals surface area contributed by atoms with Gasteiger partial charge >= 0.3 is 6.01 Å². The van der Waals surface area contributed by atoms with Crippen LogP contribution >= 0.6 is 15.9 Å². The van der Waals surface area contributed by atoms with Gasteiger partial charge in [0, 0.05) is 24.9 Å². The van der Waals surface area contributed by atoms with Crippen LogP contribution in [0.1, 0.15) is 26.7 Å². The fraction of sp³-hybridized carbons (Fsp3) is 0.615. The summed E-state index contributed by atoms with van der Waals surface area (Å²) >= 11 is 3.28. The third-order valence-electron chi connectivity index (χ3n) is 3.05. The highest BCUT2D eigenvalue weighted by atomic mass is 79.9. The Bertz CT molecular complexity index is 436. The molecule has 19 heavy (non-hydrogen) atoms. The standard InChI is InChI=1S/C13H18BrN3O2/c1-9(2)12(18)17-5-3-4-11(8-17)19-13-15-6-10(14)7-16-13/h6-7,9,11H,3-5,8H2,1-2H3. The third-order valence-corrected chi connectivity index (χ3v) is 3.46. The van der Waals surface area contributed by atoms with Crippen molar-refractivity contribution in [3.05, 3.63) is 16.9 Å². The molecule has 104 valence electrons. The van der Waals surface area contributed by atoms with Crippen molar-refractivity contribution in [2.75, 3.05) is 13.1 Å². The second-order valence-electron chi connectivity index (χ2n) is 5.00. The van der Waals surface area contributed by atoms with Crippen molar-refractivity contribution < 1.29 is 9.53 Å². The second kappa shape index (κ2) is 6.32. The Morgan fingerprint density at radius 2 is 2.16 bits per heavy atom. The molecular formula is C13H18BrN3O2. The normalized spacial score (nSPS) is 19.6. The summed E-state index contributed by atoms with van der Waals surface area (Å²) in [7, 11) is 0. The number of amides is 1. The van der Waals surface area contributed by atoms with Crippen LogP contribution in [-0.4, -0.2) is 40.0 Å². The Labute approximate surface area is 121 Å². The maximum absolute atomic E-state index is 12.0. The lowest BCUT2D eigenvalue weighted by molar-refractivity contribution is -0.137. The number of aromatic nitrogens is 2. The molecule has 1 aliphatic rings. The minimum absolute atomic E-state index is 0.0161. The predicted octanol–water partition coefficient (Wildman–Crippen LogP) is 2.26. The van der Waals surface area contributed by atoms with E-state index < -0.39 is 0 Å². The second-order valence-corrected chi connectivity index (χ2v) is 5.92. The molecule has 0 spiro atoms. The number of hydrogen-bond donors (Lipinski definition) is 0. The monoisotopic (exact) mass is 327 g/mol. The van der Waals surface area contributed by atoms with E-state index in [0.717, 1.165) is 23.9 Å². The zero-order chi connectivity index (χ0) is 13.8. The number of nitrogens with zero attached hydrogens (tertiary/aromatic N) is 3. The lowest BCUT2D eigenvalue weighted by Gasteiger charge is -2.33. The van der Waals surface area contributed by atoms with Gasteiger partial charge in [-0.1, -0.05) is 13.8 Å². The van der Waals surface area contributed by atoms with Crippen LogP contribution in [-0.2, 0) is 4.79 Å². The molecule has 1 atom stereocenters. The summed E-state index contributed by atoms with van der Waals surface area (Å²) in [4.78, 5) is 22.0. The molecule has 6 heteroatoms. The van der Waals surface area contributed by atoms with Crippen LogP contribution in [0.3, 0.4) is 0 Å². The van der Waals surface area contributed by atoms with Crippen molar-refractivity contribution in [2.45, 2.75) is 32.8 Å². The number of hydrogen-bond acceptors (Lipinski definition) is 4. The summed E-state index contributed by atoms with van der Waals surface area (Å²) in [5.41, 5.74) is 0. The fourth-order valence-corrected chi connectivity index (χ4v) is 2.31. The quantitative estimate of drug-likeness (QED) is 0.854. The van der Waals surface area contributed by atoms with Crippen molar-refractivity contribution in [2.24, 2.45) is 5.92 Å². The molecule has 1 aromatic heterocycles. The van der Waals surface area contributed by atoms with Crippen LogP contribution in [0.2, 0.25) is 0 Å². The molecule has 0 N–H and O–H groups in total. The van der Waals surface area contributed by atoms with Crippen LogP contribution in [0.4, 0.5) is 0 Å². The lowest BCUT2D eigenvalue weighted by Crippen LogP contribution is -2.46. The van der Waals surface area contributed by atoms with Gasteiger partial charge in [0.1, 0.15) is 6.10 Å². The first-order valence-corrected chi connectivity index (χ1v) is 7.28. The summed E-state index contributed by atoms with van der Waals surface area (Å²) in [6.07, 6.45) is 5.18. The van der Waals surface area contributed by atoms with E-state index in [0.29, 0.717) is 12.6 Å². The van der Waals surface area contributed by atoms with E-state index in [1.165, 1.54) is 0 Å². The summed E-state index contributed by atoms with van der Waals surface area (Å²) in [6, 6.07) is 0.368. The van der Waals surface area contributed by atoms with Crippen LogP contribution in [0.15, 0.2) is 16.9 Å². The minimum atomic E-state index is -0.0161. The first kappa shape index (κ1) is 14.2. The van der Waals surface area contributed by atoms with Gasteiger partial charge in [-0.3, -0.25) is 4.79 Å². The average Bonchev–Trinajstić information content (AvgIpc) is 2.41. The van der Waals surface area contributed by atoms with Crippen LogP contribution in [0, 0.1) is 5.92 Å². The highest BCUT2D eigenvalue weighted by Crippen LogP contribution is 2.17. The van der Waals surface area contributed by atoms with Gasteiger partial charge in [-0.15, -0.1) is 0 Å². The van der Waals surface area contributed by atoms with Gasteiger partial charge in [0.2, 0.25) is 5.91 Å². The minimum Gasteiger partial charge on any atom is -0.458 e. The molecule has 1 saturated heterocycles. The van der Waals surface area contributed by atoms with Crippen LogP contribution in [0.5, 0.6) is 6.01 Å². The molecule has 1 aromatic rings. The topological polar surface area (TPSA) is 55.3 Å². The number of ether oxygens (including phenoxy) is 1. The molecule has 0 radical (unpaired) electrons. The molecule has 1 aliphatic heterocycles. The molecule has 0 aliphatic carbocycles. The van der Waals surface area contributed by atoms with Crippen molar-refractivity contribution >= 4 is 21.8 Å². The SMILES string of the molecule is CC(C)C(=O)N1CCCC(Oc2ncc(Br)cn2)C1. The van der Waals surface area contributed by atoms with Crippen molar-refractivity contribution in [1.82, 2.24) is 14.9 Å². The van der Waals surface area contributed by atoms with Crippen molar-refractivity contribution in [3.8, 4) is 6.01 Å². The Morgan fingerprint density at radius 3 is 2.79 bits per heavy atom. The van der Waals surface area contributed by atoms with E-state index >= 15 is 0 Å². The predicted molar refractivity (Wildman–Crippen MR) is 74.8 cm³/mol. The number of piperidine rings is 1. The zero-order valence-electron chi connectivity index (χ0n) is 11.2. The molecule has 5 nitrogen and oxygen atoms in total. The zero-order valence-corrected chi connectivity index (χ0v) is 12.8. The number of carbonyl (C=O) groups is 1. The third kappa shape index (κ3) is 3.89. The Kier molecular flexibility index (Phi) is 4.74. The van der Waals surface area contributed by atoms with Gasteiger partial charge < -0.3 is 9.64 Å². The maximum atomic E-state index is 12.0. The maximum Gasteiger partial charge on any atom is 0.316 e. The number of carbonyl (C=O) groups excluding carboxylic acids is 1. The molecule has 2 heterocycles. The number of likely N-dealkylation sites (tertiary alicyclic amines) is 1. The first-order chi connectivity index (χ1) is 9.06. The average molecular weight is 328 g/mol. The Balaban J connectivity index is 1.94. The Morgan fingerprint density at radius 1 is 1.47 bits per heavy atom. The summed E-state index contributed by atoms with van der Waals surface area (Å²) in [6.45, 7) is 5.28. The Hall–Kier alpha value is -1.17. The molecule has 2 rings (SSSR count). The first-order valence-electron chi connectivity index (χ1n) is 6.49. The molecular weight excluding hydrogens is 310 g/mol. The van der Waals surface area contributed by atoms with Gasteiger partial charge in [0.05, 0.1) is 11.0 Å². The van der Waals surface area contributed by atoms with Gasteiger partial charge in [0.15, 0.2) is 0 Å². The van der Waals surface area contributed by atoms with Crippen molar-refractivity contribution in [3.63, 3.8) is 0 Å². The summed E-state index contributed by atoms with van der Waals surface area (Å²) in [5.74, 6) is 0.215. The van der Waals surface area contributed by atoms with Gasteiger partial charge in [-0.05, 0) is 28.8 Å². The largest absolute Gasteiger partial charge is 0.458 e. The van der Waals surface area contributed by atoms with Crippen LogP contribution in [0.25, 0.3) is 0 Å². The molecule has 1 amide bonds. The van der Waals surface area contributed by atoms with Gasteiger partial charge in [-0.2, -0.15) is 0 Å². The molecule has 0 bridgehead atoms. The molecule has 0 aromatic carbocycles. The fourth-order valence-electron chi connectivity index (χ4n) is 2.11.